The lowest BCUT2D eigenvalue weighted by molar-refractivity contribution is 0.612. The van der Waals surface area contributed by atoms with E-state index >= 15 is 0 Å². The summed E-state index contributed by atoms with van der Waals surface area (Å²) in [6.07, 6.45) is 1.58. The molecule has 0 spiro atoms. The van der Waals surface area contributed by atoms with Gasteiger partial charge in [-0.25, -0.2) is 9.07 Å². The van der Waals surface area contributed by atoms with Crippen molar-refractivity contribution in [3.63, 3.8) is 0 Å². The molecule has 0 saturated carbocycles. The van der Waals surface area contributed by atoms with Crippen LogP contribution < -0.4 is 10.9 Å². The molecule has 2 rings (SSSR count). The summed E-state index contributed by atoms with van der Waals surface area (Å²) in [4.78, 5) is 11.8. The Morgan fingerprint density at radius 3 is 2.95 bits per heavy atom. The molecule has 0 fully saturated rings. The van der Waals surface area contributed by atoms with E-state index in [0.717, 1.165) is 5.56 Å². The van der Waals surface area contributed by atoms with E-state index in [1.165, 1.54) is 16.8 Å². The Hall–Kier alpha value is -1.69. The van der Waals surface area contributed by atoms with Crippen molar-refractivity contribution in [3.05, 3.63) is 56.7 Å². The molecule has 0 atom stereocenters. The monoisotopic (exact) mass is 325 g/mol. The van der Waals surface area contributed by atoms with Crippen LogP contribution in [0.3, 0.4) is 0 Å². The van der Waals surface area contributed by atoms with Crippen molar-refractivity contribution >= 4 is 21.6 Å². The van der Waals surface area contributed by atoms with E-state index in [4.69, 9.17) is 0 Å². The van der Waals surface area contributed by atoms with Crippen molar-refractivity contribution in [2.75, 3.05) is 5.32 Å². The van der Waals surface area contributed by atoms with E-state index in [-0.39, 0.29) is 11.4 Å². The lowest BCUT2D eigenvalue weighted by atomic mass is 10.2. The van der Waals surface area contributed by atoms with E-state index in [2.05, 4.69) is 26.3 Å². The summed E-state index contributed by atoms with van der Waals surface area (Å²) in [6.45, 7) is 2.79. The molecule has 0 aliphatic rings. The highest BCUT2D eigenvalue weighted by molar-refractivity contribution is 9.10. The minimum absolute atomic E-state index is 0.188. The Labute approximate surface area is 118 Å². The van der Waals surface area contributed by atoms with Crippen molar-refractivity contribution in [3.8, 4) is 0 Å². The van der Waals surface area contributed by atoms with E-state index in [1.54, 1.807) is 12.3 Å². The van der Waals surface area contributed by atoms with E-state index in [0.29, 0.717) is 23.2 Å². The van der Waals surface area contributed by atoms with E-state index in [9.17, 15) is 9.18 Å². The van der Waals surface area contributed by atoms with Gasteiger partial charge in [-0.2, -0.15) is 5.10 Å². The van der Waals surface area contributed by atoms with Gasteiger partial charge in [-0.1, -0.05) is 12.1 Å². The molecule has 0 amide bonds. The van der Waals surface area contributed by atoms with Gasteiger partial charge in [0.25, 0.3) is 5.56 Å². The number of aryl methyl sites for hydroxylation is 1. The first-order valence-corrected chi connectivity index (χ1v) is 6.65. The number of anilines is 1. The number of hydrogen-bond donors (Lipinski definition) is 1. The van der Waals surface area contributed by atoms with Crippen LogP contribution in [0.5, 0.6) is 0 Å². The predicted octanol–water partition coefficient (Wildman–Crippen LogP) is 2.78. The third kappa shape index (κ3) is 3.20. The van der Waals surface area contributed by atoms with Crippen LogP contribution in [0.15, 0.2) is 39.7 Å². The van der Waals surface area contributed by atoms with Gasteiger partial charge in [0.1, 0.15) is 10.3 Å². The van der Waals surface area contributed by atoms with Crippen LogP contribution >= 0.6 is 15.9 Å². The summed E-state index contributed by atoms with van der Waals surface area (Å²) in [5.41, 5.74) is 1.21. The van der Waals surface area contributed by atoms with Gasteiger partial charge in [0.05, 0.1) is 11.9 Å². The molecule has 1 aromatic carbocycles. The average Bonchev–Trinajstić information content (AvgIpc) is 2.41. The zero-order valence-electron chi connectivity index (χ0n) is 10.4. The predicted molar refractivity (Wildman–Crippen MR) is 75.6 cm³/mol. The summed E-state index contributed by atoms with van der Waals surface area (Å²) in [5, 5.41) is 7.08. The molecular weight excluding hydrogens is 313 g/mol. The Morgan fingerprint density at radius 1 is 1.47 bits per heavy atom. The van der Waals surface area contributed by atoms with Crippen molar-refractivity contribution in [2.24, 2.45) is 0 Å². The molecule has 0 unspecified atom stereocenters. The largest absolute Gasteiger partial charge is 0.379 e. The average molecular weight is 326 g/mol. The highest BCUT2D eigenvalue weighted by Gasteiger charge is 2.07. The number of nitrogens with zero attached hydrogens (tertiary/aromatic N) is 2. The summed E-state index contributed by atoms with van der Waals surface area (Å²) < 4.78 is 14.8. The highest BCUT2D eigenvalue weighted by Crippen LogP contribution is 2.17. The Balaban J connectivity index is 2.16. The zero-order valence-corrected chi connectivity index (χ0v) is 11.9. The lowest BCUT2D eigenvalue weighted by Crippen LogP contribution is -2.23. The Morgan fingerprint density at radius 2 is 2.26 bits per heavy atom. The van der Waals surface area contributed by atoms with Crippen molar-refractivity contribution < 1.29 is 4.39 Å². The van der Waals surface area contributed by atoms with Gasteiger partial charge in [0.2, 0.25) is 0 Å². The standard InChI is InChI=1S/C13H13BrFN3O/c1-2-18-13(19)12(14)11(8-17-18)16-7-9-4-3-5-10(15)6-9/h3-6,8,16H,2,7H2,1H3. The number of nitrogens with one attached hydrogen (secondary N) is 1. The number of benzene rings is 1. The fourth-order valence-electron chi connectivity index (χ4n) is 1.66. The molecule has 1 heterocycles. The zero-order chi connectivity index (χ0) is 13.8. The number of aromatic nitrogens is 2. The molecule has 0 aliphatic heterocycles. The van der Waals surface area contributed by atoms with Crippen LogP contribution in [0.4, 0.5) is 10.1 Å². The van der Waals surface area contributed by atoms with Crippen LogP contribution in [0.25, 0.3) is 0 Å². The smallest absolute Gasteiger partial charge is 0.283 e. The van der Waals surface area contributed by atoms with Crippen molar-refractivity contribution in [2.45, 2.75) is 20.0 Å². The molecule has 2 aromatic rings. The molecule has 6 heteroatoms. The van der Waals surface area contributed by atoms with Crippen LogP contribution in [0.1, 0.15) is 12.5 Å². The first-order valence-electron chi connectivity index (χ1n) is 5.85. The van der Waals surface area contributed by atoms with Gasteiger partial charge in [-0.3, -0.25) is 4.79 Å². The number of halogens is 2. The molecule has 1 N–H and O–H groups in total. The van der Waals surface area contributed by atoms with Gasteiger partial charge in [-0.05, 0) is 40.5 Å². The molecule has 1 aromatic heterocycles. The summed E-state index contributed by atoms with van der Waals surface area (Å²) >= 11 is 3.25. The van der Waals surface area contributed by atoms with Gasteiger partial charge in [-0.15, -0.1) is 0 Å². The minimum Gasteiger partial charge on any atom is -0.379 e. The third-order valence-corrected chi connectivity index (χ3v) is 3.42. The molecule has 100 valence electrons. The summed E-state index contributed by atoms with van der Waals surface area (Å²) in [5.74, 6) is -0.280. The maximum atomic E-state index is 13.0. The highest BCUT2D eigenvalue weighted by atomic mass is 79.9. The van der Waals surface area contributed by atoms with E-state index in [1.807, 2.05) is 13.0 Å². The van der Waals surface area contributed by atoms with Gasteiger partial charge in [0, 0.05) is 13.1 Å². The summed E-state index contributed by atoms with van der Waals surface area (Å²) in [7, 11) is 0. The Bertz CT molecular complexity index is 642. The maximum absolute atomic E-state index is 13.0. The summed E-state index contributed by atoms with van der Waals surface area (Å²) in [6, 6.07) is 6.30. The second-order valence-electron chi connectivity index (χ2n) is 3.98. The third-order valence-electron chi connectivity index (χ3n) is 2.66. The van der Waals surface area contributed by atoms with E-state index < -0.39 is 0 Å². The fourth-order valence-corrected chi connectivity index (χ4v) is 2.11. The first-order chi connectivity index (χ1) is 9.11. The second kappa shape index (κ2) is 5.97. The van der Waals surface area contributed by atoms with Gasteiger partial charge < -0.3 is 5.32 Å². The topological polar surface area (TPSA) is 46.9 Å². The normalized spacial score (nSPS) is 10.5. The van der Waals surface area contributed by atoms with Crippen LogP contribution in [-0.4, -0.2) is 9.78 Å². The minimum atomic E-state index is -0.280. The van der Waals surface area contributed by atoms with Crippen LogP contribution in [0.2, 0.25) is 0 Å². The van der Waals surface area contributed by atoms with Crippen molar-refractivity contribution in [1.82, 2.24) is 9.78 Å². The molecule has 4 nitrogen and oxygen atoms in total. The lowest BCUT2D eigenvalue weighted by Gasteiger charge is -2.09. The first kappa shape index (κ1) is 13.7. The van der Waals surface area contributed by atoms with Crippen molar-refractivity contribution in [1.29, 1.82) is 0 Å². The van der Waals surface area contributed by atoms with Gasteiger partial charge >= 0.3 is 0 Å². The van der Waals surface area contributed by atoms with Gasteiger partial charge in [0.15, 0.2) is 0 Å². The molecule has 0 saturated heterocycles. The SMILES string of the molecule is CCn1ncc(NCc2cccc(F)c2)c(Br)c1=O. The maximum Gasteiger partial charge on any atom is 0.283 e. The Kier molecular flexibility index (Phi) is 4.31. The molecule has 0 bridgehead atoms. The fraction of sp³-hybridized carbons (Fsp3) is 0.231. The molecule has 19 heavy (non-hydrogen) atoms. The molecular formula is C13H13BrFN3O. The van der Waals surface area contributed by atoms with Crippen LogP contribution in [-0.2, 0) is 13.1 Å². The quantitative estimate of drug-likeness (QED) is 0.940. The van der Waals surface area contributed by atoms with Crippen LogP contribution in [0, 0.1) is 5.82 Å². The molecule has 0 aliphatic carbocycles. The number of hydrogen-bond acceptors (Lipinski definition) is 3. The number of rotatable bonds is 4. The second-order valence-corrected chi connectivity index (χ2v) is 4.77. The molecule has 0 radical (unpaired) electrons.